The fraction of sp³-hybridized carbons (Fsp3) is 1.00. The molecule has 36 heavy (non-hydrogen) atoms. The van der Waals surface area contributed by atoms with Crippen molar-refractivity contribution in [3.8, 4) is 0 Å². The Hall–Kier alpha value is 1.74. The Labute approximate surface area is 262 Å². The Bertz CT molecular complexity index is 961. The fourth-order valence-electron chi connectivity index (χ4n) is 9.22. The molecule has 9 atom stereocenters. The summed E-state index contributed by atoms with van der Waals surface area (Å²) in [4.78, 5) is 0. The Kier molecular flexibility index (Phi) is 12.0. The van der Waals surface area contributed by atoms with Gasteiger partial charge in [-0.05, 0) is 117 Å². The van der Waals surface area contributed by atoms with Crippen LogP contribution in [0.5, 0.6) is 0 Å². The van der Waals surface area contributed by atoms with Crippen LogP contribution in [-0.4, -0.2) is 38.7 Å². The first kappa shape index (κ1) is 33.9. The average Bonchev–Trinajstić information content (AvgIpc) is 3.07. The smallest absolute Gasteiger partial charge is 0.726 e. The van der Waals surface area contributed by atoms with E-state index in [-0.39, 0.29) is 76.6 Å². The van der Waals surface area contributed by atoms with Crippen LogP contribution in [0.4, 0.5) is 0 Å². The van der Waals surface area contributed by atoms with Crippen LogP contribution in [-0.2, 0) is 29.2 Å². The summed E-state index contributed by atoms with van der Waals surface area (Å²) in [5, 5.41) is 0. The maximum atomic E-state index is 11.1. The summed E-state index contributed by atoms with van der Waals surface area (Å²) >= 11 is 0. The number of hydrogen-bond acceptors (Lipinski definition) is 8. The summed E-state index contributed by atoms with van der Waals surface area (Å²) < 4.78 is 74.6. The van der Waals surface area contributed by atoms with E-state index in [2.05, 4.69) is 25.0 Å². The van der Waals surface area contributed by atoms with E-state index < -0.39 is 26.9 Å². The van der Waals surface area contributed by atoms with E-state index in [1.807, 2.05) is 0 Å². The van der Waals surface area contributed by atoms with Gasteiger partial charge in [0.25, 0.3) is 0 Å². The van der Waals surface area contributed by atoms with Crippen LogP contribution < -0.4 is 59.1 Å². The molecule has 0 N–H and O–H groups in total. The number of rotatable bonds is 8. The van der Waals surface area contributed by atoms with Crippen LogP contribution in [0.2, 0.25) is 0 Å². The summed E-state index contributed by atoms with van der Waals surface area (Å²) in [7, 11) is -9.27. The van der Waals surface area contributed by atoms with E-state index >= 15 is 0 Å². The molecule has 4 saturated carbocycles. The minimum absolute atomic E-state index is 0. The summed E-state index contributed by atoms with van der Waals surface area (Å²) in [6, 6.07) is 0. The van der Waals surface area contributed by atoms with Gasteiger partial charge < -0.3 is 9.11 Å². The Morgan fingerprint density at radius 1 is 0.861 bits per heavy atom. The Morgan fingerprint density at radius 2 is 1.50 bits per heavy atom. The topological polar surface area (TPSA) is 133 Å². The van der Waals surface area contributed by atoms with Gasteiger partial charge in [0.05, 0.1) is 12.7 Å². The predicted molar refractivity (Wildman–Crippen MR) is 124 cm³/mol. The van der Waals surface area contributed by atoms with Gasteiger partial charge in [-0.1, -0.05) is 20.8 Å². The van der Waals surface area contributed by atoms with Crippen molar-refractivity contribution in [3.63, 3.8) is 0 Å². The zero-order valence-corrected chi connectivity index (χ0v) is 28.2. The first-order valence-corrected chi connectivity index (χ1v) is 15.6. The molecule has 0 aromatic heterocycles. The molecule has 4 fully saturated rings. The molecule has 4 aliphatic carbocycles. The third-order valence-electron chi connectivity index (χ3n) is 10.7. The van der Waals surface area contributed by atoms with Crippen molar-refractivity contribution in [2.75, 3.05) is 6.61 Å². The second-order valence-electron chi connectivity index (χ2n) is 12.1. The first-order chi connectivity index (χ1) is 15.7. The van der Waals surface area contributed by atoms with Crippen molar-refractivity contribution in [3.05, 3.63) is 0 Å². The minimum atomic E-state index is -4.66. The number of fused-ring (bicyclic) bond motifs is 5. The van der Waals surface area contributed by atoms with Crippen LogP contribution in [0, 0.1) is 46.3 Å². The van der Waals surface area contributed by atoms with E-state index in [0.29, 0.717) is 54.8 Å². The minimum Gasteiger partial charge on any atom is -0.726 e. The van der Waals surface area contributed by atoms with Crippen molar-refractivity contribution in [1.82, 2.24) is 0 Å². The van der Waals surface area contributed by atoms with Crippen LogP contribution in [0.1, 0.15) is 91.4 Å². The normalized spacial score (nSPS) is 41.1. The molecule has 4 aliphatic rings. The van der Waals surface area contributed by atoms with Crippen molar-refractivity contribution in [1.29, 1.82) is 0 Å². The maximum Gasteiger partial charge on any atom is 1.00 e. The van der Waals surface area contributed by atoms with Crippen molar-refractivity contribution >= 4 is 20.8 Å². The van der Waals surface area contributed by atoms with Gasteiger partial charge in [0.2, 0.25) is 20.8 Å². The van der Waals surface area contributed by atoms with E-state index in [9.17, 15) is 25.9 Å². The van der Waals surface area contributed by atoms with Gasteiger partial charge in [-0.25, -0.2) is 16.8 Å². The molecule has 0 bridgehead atoms. The van der Waals surface area contributed by atoms with E-state index in [1.165, 1.54) is 32.1 Å². The van der Waals surface area contributed by atoms with Gasteiger partial charge >= 0.3 is 59.1 Å². The molecular formula is C24H40Na2O8S2. The monoisotopic (exact) mass is 566 g/mol. The zero-order chi connectivity index (χ0) is 24.9. The van der Waals surface area contributed by atoms with E-state index in [1.54, 1.807) is 0 Å². The van der Waals surface area contributed by atoms with Gasteiger partial charge in [-0.3, -0.25) is 8.37 Å². The van der Waals surface area contributed by atoms with E-state index in [4.69, 9.17) is 4.18 Å². The first-order valence-electron chi connectivity index (χ1n) is 13.0. The molecule has 0 aromatic rings. The molecule has 12 heteroatoms. The van der Waals surface area contributed by atoms with Crippen LogP contribution in [0.3, 0.4) is 0 Å². The molecular weight excluding hydrogens is 526 g/mol. The van der Waals surface area contributed by atoms with Crippen LogP contribution >= 0.6 is 0 Å². The summed E-state index contributed by atoms with van der Waals surface area (Å²) in [6.45, 7) is 7.10. The largest absolute Gasteiger partial charge is 1.00 e. The van der Waals surface area contributed by atoms with Gasteiger partial charge in [0.15, 0.2) is 0 Å². The second-order valence-corrected chi connectivity index (χ2v) is 14.2. The molecule has 0 heterocycles. The van der Waals surface area contributed by atoms with Gasteiger partial charge in [-0.15, -0.1) is 0 Å². The quantitative estimate of drug-likeness (QED) is 0.148. The van der Waals surface area contributed by atoms with Crippen molar-refractivity contribution in [2.24, 2.45) is 46.3 Å². The molecule has 0 spiro atoms. The molecule has 8 nitrogen and oxygen atoms in total. The molecule has 198 valence electrons. The standard InChI is InChI=1S/C24H42O8S2.2Na/c1-16(5-4-14-31-33(25,26)27)20-8-9-21-19-7-6-17-15-18(32-34(28,29)30)10-12-23(17,2)22(19)11-13-24(20,21)3;;/h16-22H,4-15H2,1-3H3,(H,25,26,27)(H,28,29,30);;/q;2*+1/p-2/t16-,17+,18-,19+,20-,21+,22+,23+,24-;;/m1../s1. The van der Waals surface area contributed by atoms with Gasteiger partial charge in [0.1, 0.15) is 0 Å². The van der Waals surface area contributed by atoms with Gasteiger partial charge in [0, 0.05) is 0 Å². The fourth-order valence-corrected chi connectivity index (χ4v) is 10.0. The summed E-state index contributed by atoms with van der Waals surface area (Å²) in [5.74, 6) is 3.47. The van der Waals surface area contributed by atoms with Crippen LogP contribution in [0.15, 0.2) is 0 Å². The molecule has 0 radical (unpaired) electrons. The SMILES string of the molecule is C[C@H](CCCOS(=O)(=O)[O-])[C@H]1CC[C@H]2[C@@H]3CC[C@H]4C[C@H](OS(=O)(=O)[O-])CC[C@]4(C)[C@H]3CC[C@]12C.[Na+].[Na+]. The molecule has 0 amide bonds. The van der Waals surface area contributed by atoms with Gasteiger partial charge in [-0.2, -0.15) is 0 Å². The van der Waals surface area contributed by atoms with Crippen LogP contribution in [0.25, 0.3) is 0 Å². The Balaban J connectivity index is 0.00000228. The molecule has 0 aromatic carbocycles. The predicted octanol–water partition coefficient (Wildman–Crippen LogP) is -1.61. The maximum absolute atomic E-state index is 11.1. The number of hydrogen-bond donors (Lipinski definition) is 0. The van der Waals surface area contributed by atoms with Crippen molar-refractivity contribution < 1.29 is 93.4 Å². The van der Waals surface area contributed by atoms with E-state index in [0.717, 1.165) is 19.3 Å². The third kappa shape index (κ3) is 7.32. The summed E-state index contributed by atoms with van der Waals surface area (Å²) in [6.07, 6.45) is 10.3. The van der Waals surface area contributed by atoms with Crippen molar-refractivity contribution in [2.45, 2.75) is 97.5 Å². The third-order valence-corrected chi connectivity index (χ3v) is 11.6. The zero-order valence-electron chi connectivity index (χ0n) is 22.6. The Morgan fingerprint density at radius 3 is 2.14 bits per heavy atom. The molecule has 0 saturated heterocycles. The average molecular weight is 567 g/mol. The second kappa shape index (κ2) is 12.7. The molecule has 0 unspecified atom stereocenters. The molecule has 0 aliphatic heterocycles. The molecule has 4 rings (SSSR count). The summed E-state index contributed by atoms with van der Waals surface area (Å²) in [5.41, 5.74) is 0.466.